The van der Waals surface area contributed by atoms with Crippen LogP contribution in [-0.2, 0) is 14.8 Å². The van der Waals surface area contributed by atoms with Crippen LogP contribution in [0, 0.1) is 5.92 Å². The number of sulfonamides is 1. The number of hydrogen-bond acceptors (Lipinski definition) is 8. The number of piperazine rings is 1. The van der Waals surface area contributed by atoms with Crippen molar-refractivity contribution >= 4 is 44.7 Å². The van der Waals surface area contributed by atoms with Crippen molar-refractivity contribution in [1.29, 1.82) is 0 Å². The number of carboxylic acid groups (broad SMARTS) is 1. The third kappa shape index (κ3) is 6.06. The molecular weight excluding hydrogens is 587 g/mol. The number of carbonyl (C=O) groups is 2. The molecule has 3 N–H and O–H groups in total. The van der Waals surface area contributed by atoms with E-state index in [1.165, 1.54) is 10.5 Å². The molecule has 6 rings (SSSR count). The summed E-state index contributed by atoms with van der Waals surface area (Å²) in [4.78, 5) is 35.3. The Bertz CT molecular complexity index is 1570. The van der Waals surface area contributed by atoms with Crippen molar-refractivity contribution in [2.45, 2.75) is 61.9 Å². The first kappa shape index (κ1) is 29.7. The fraction of sp³-hybridized carbons (Fsp3) is 0.452. The summed E-state index contributed by atoms with van der Waals surface area (Å²) in [5.41, 5.74) is 7.33. The summed E-state index contributed by atoms with van der Waals surface area (Å²) in [6.07, 6.45) is 8.07. The average Bonchev–Trinajstić information content (AvgIpc) is 3.47. The smallest absolute Gasteiger partial charge is 0.348 e. The number of rotatable bonds is 7. The SMILES string of the molecule is N[C@H]1CCCN(c2ccc(S(=O)(=O)N3CC(=O)N(c4cc(-c5ccccc5)sc4C(=O)O)[C@H](C4CCCCC4)C3)cn2)C1. The number of pyridine rings is 1. The zero-order chi connectivity index (χ0) is 30.1. The molecule has 2 aliphatic heterocycles. The Morgan fingerprint density at radius 3 is 2.44 bits per heavy atom. The topological polar surface area (TPSA) is 137 Å². The Labute approximate surface area is 256 Å². The number of aromatic nitrogens is 1. The van der Waals surface area contributed by atoms with Gasteiger partial charge in [0.2, 0.25) is 15.9 Å². The van der Waals surface area contributed by atoms with Crippen molar-refractivity contribution in [3.63, 3.8) is 0 Å². The van der Waals surface area contributed by atoms with E-state index < -0.39 is 27.9 Å². The van der Waals surface area contributed by atoms with Crippen molar-refractivity contribution in [3.05, 3.63) is 59.6 Å². The molecule has 2 atom stereocenters. The molecule has 0 radical (unpaired) electrons. The molecule has 1 aromatic carbocycles. The maximum Gasteiger partial charge on any atom is 0.348 e. The van der Waals surface area contributed by atoms with E-state index in [0.29, 0.717) is 18.1 Å². The molecule has 2 saturated heterocycles. The minimum absolute atomic E-state index is 0.0364. The highest BCUT2D eigenvalue weighted by Crippen LogP contribution is 2.42. The van der Waals surface area contributed by atoms with Crippen molar-refractivity contribution in [3.8, 4) is 10.4 Å². The minimum atomic E-state index is -4.03. The number of aromatic carboxylic acids is 1. The molecule has 0 spiro atoms. The number of carboxylic acids is 1. The molecule has 12 heteroatoms. The van der Waals surface area contributed by atoms with Gasteiger partial charge in [0.15, 0.2) is 0 Å². The minimum Gasteiger partial charge on any atom is -0.477 e. The summed E-state index contributed by atoms with van der Waals surface area (Å²) in [7, 11) is -4.03. The van der Waals surface area contributed by atoms with E-state index in [0.717, 1.165) is 73.3 Å². The number of nitrogens with two attached hydrogens (primary N) is 1. The van der Waals surface area contributed by atoms with Gasteiger partial charge in [0, 0.05) is 36.8 Å². The van der Waals surface area contributed by atoms with E-state index in [2.05, 4.69) is 9.88 Å². The number of benzene rings is 1. The molecule has 4 heterocycles. The van der Waals surface area contributed by atoms with Crippen molar-refractivity contribution < 1.29 is 23.1 Å². The second-order valence-corrected chi connectivity index (χ2v) is 14.7. The van der Waals surface area contributed by atoms with Gasteiger partial charge >= 0.3 is 5.97 Å². The van der Waals surface area contributed by atoms with Gasteiger partial charge in [0.1, 0.15) is 15.6 Å². The van der Waals surface area contributed by atoms with Gasteiger partial charge in [-0.25, -0.2) is 18.2 Å². The first-order chi connectivity index (χ1) is 20.7. The summed E-state index contributed by atoms with van der Waals surface area (Å²) >= 11 is 1.14. The number of hydrogen-bond donors (Lipinski definition) is 2. The van der Waals surface area contributed by atoms with Crippen molar-refractivity contribution in [1.82, 2.24) is 9.29 Å². The van der Waals surface area contributed by atoms with Crippen LogP contribution in [0.1, 0.15) is 54.6 Å². The molecule has 1 aliphatic carbocycles. The summed E-state index contributed by atoms with van der Waals surface area (Å²) in [6.45, 7) is 1.21. The summed E-state index contributed by atoms with van der Waals surface area (Å²) in [5, 5.41) is 10.1. The lowest BCUT2D eigenvalue weighted by molar-refractivity contribution is -0.121. The summed E-state index contributed by atoms with van der Waals surface area (Å²) in [5.74, 6) is -0.783. The van der Waals surface area contributed by atoms with Crippen LogP contribution in [0.15, 0.2) is 59.6 Å². The van der Waals surface area contributed by atoms with E-state index in [-0.39, 0.29) is 34.8 Å². The maximum absolute atomic E-state index is 13.9. The number of nitrogens with zero attached hydrogens (tertiary/aromatic N) is 4. The fourth-order valence-electron chi connectivity index (χ4n) is 6.68. The Balaban J connectivity index is 1.32. The van der Waals surface area contributed by atoms with Gasteiger partial charge in [0.05, 0.1) is 18.3 Å². The lowest BCUT2D eigenvalue weighted by atomic mass is 9.82. The normalized spacial score (nSPS) is 22.6. The van der Waals surface area contributed by atoms with Crippen LogP contribution in [0.5, 0.6) is 0 Å². The fourth-order valence-corrected chi connectivity index (χ4v) is 9.03. The van der Waals surface area contributed by atoms with Crippen LogP contribution in [-0.4, -0.2) is 73.0 Å². The lowest BCUT2D eigenvalue weighted by Crippen LogP contribution is -2.60. The monoisotopic (exact) mass is 623 g/mol. The number of anilines is 2. The predicted octanol–water partition coefficient (Wildman–Crippen LogP) is 4.42. The molecule has 0 bridgehead atoms. The van der Waals surface area contributed by atoms with E-state index in [4.69, 9.17) is 5.73 Å². The van der Waals surface area contributed by atoms with Crippen LogP contribution in [0.25, 0.3) is 10.4 Å². The third-order valence-corrected chi connectivity index (χ3v) is 11.8. The van der Waals surface area contributed by atoms with Crippen LogP contribution in [0.3, 0.4) is 0 Å². The molecule has 3 fully saturated rings. The quantitative estimate of drug-likeness (QED) is 0.395. The first-order valence-corrected chi connectivity index (χ1v) is 17.2. The van der Waals surface area contributed by atoms with Crippen LogP contribution in [0.4, 0.5) is 11.5 Å². The molecule has 1 amide bonds. The molecule has 2 aromatic heterocycles. The highest BCUT2D eigenvalue weighted by Gasteiger charge is 2.44. The van der Waals surface area contributed by atoms with E-state index in [1.54, 1.807) is 23.1 Å². The summed E-state index contributed by atoms with van der Waals surface area (Å²) < 4.78 is 29.0. The van der Waals surface area contributed by atoms with E-state index in [1.807, 2.05) is 30.3 Å². The van der Waals surface area contributed by atoms with Gasteiger partial charge in [-0.3, -0.25) is 4.79 Å². The standard InChI is InChI=1S/C31H37N5O5S2/c32-23-12-7-15-34(18-23)28-14-13-24(17-33-28)43(40,41)35-19-26(21-8-3-1-4-9-21)36(29(37)20-35)25-16-27(42-30(25)31(38)39)22-10-5-2-6-11-22/h2,5-6,10-11,13-14,16-17,21,23,26H,1,3-4,7-9,12,15,18-20,32H2,(H,38,39)/t23-,26-/m0/s1. The van der Waals surface area contributed by atoms with E-state index >= 15 is 0 Å². The Kier molecular flexibility index (Phi) is 8.54. The van der Waals surface area contributed by atoms with Crippen LogP contribution < -0.4 is 15.5 Å². The molecule has 3 aromatic rings. The second kappa shape index (κ2) is 12.4. The van der Waals surface area contributed by atoms with Gasteiger partial charge < -0.3 is 20.6 Å². The molecule has 0 unspecified atom stereocenters. The number of carbonyl (C=O) groups excluding carboxylic acids is 1. The molecule has 10 nitrogen and oxygen atoms in total. The van der Waals surface area contributed by atoms with Gasteiger partial charge in [-0.1, -0.05) is 49.6 Å². The van der Waals surface area contributed by atoms with Crippen LogP contribution in [0.2, 0.25) is 0 Å². The highest BCUT2D eigenvalue weighted by atomic mass is 32.2. The Morgan fingerprint density at radius 2 is 1.77 bits per heavy atom. The largest absolute Gasteiger partial charge is 0.477 e. The van der Waals surface area contributed by atoms with E-state index in [9.17, 15) is 23.1 Å². The second-order valence-electron chi connectivity index (χ2n) is 11.7. The van der Waals surface area contributed by atoms with Gasteiger partial charge in [-0.05, 0) is 55.4 Å². The zero-order valence-corrected chi connectivity index (χ0v) is 25.6. The molecular formula is C31H37N5O5S2. The lowest BCUT2D eigenvalue weighted by Gasteiger charge is -2.44. The average molecular weight is 624 g/mol. The summed E-state index contributed by atoms with van der Waals surface area (Å²) in [6, 6.07) is 14.1. The highest BCUT2D eigenvalue weighted by molar-refractivity contribution is 7.89. The Morgan fingerprint density at radius 1 is 1.00 bits per heavy atom. The molecule has 1 saturated carbocycles. The van der Waals surface area contributed by atoms with Gasteiger partial charge in [-0.15, -0.1) is 11.3 Å². The van der Waals surface area contributed by atoms with Crippen molar-refractivity contribution in [2.24, 2.45) is 11.7 Å². The molecule has 228 valence electrons. The van der Waals surface area contributed by atoms with Crippen LogP contribution >= 0.6 is 11.3 Å². The van der Waals surface area contributed by atoms with Crippen molar-refractivity contribution in [2.75, 3.05) is 36.0 Å². The van der Waals surface area contributed by atoms with Gasteiger partial charge in [0.25, 0.3) is 0 Å². The third-order valence-electron chi connectivity index (χ3n) is 8.86. The van der Waals surface area contributed by atoms with Gasteiger partial charge in [-0.2, -0.15) is 4.31 Å². The number of piperidine rings is 1. The zero-order valence-electron chi connectivity index (χ0n) is 24.0. The number of thiophene rings is 1. The maximum atomic E-state index is 13.9. The molecule has 3 aliphatic rings. The predicted molar refractivity (Wildman–Crippen MR) is 167 cm³/mol. The number of amides is 1. The first-order valence-electron chi connectivity index (χ1n) is 14.9. The molecule has 43 heavy (non-hydrogen) atoms. The Hall–Kier alpha value is -3.32.